The van der Waals surface area contributed by atoms with Gasteiger partial charge in [-0.2, -0.15) is 0 Å². The highest BCUT2D eigenvalue weighted by molar-refractivity contribution is 7.49. The summed E-state index contributed by atoms with van der Waals surface area (Å²) >= 11 is 0. The van der Waals surface area contributed by atoms with Gasteiger partial charge in [-0.1, -0.05) is 0 Å². The molecule has 41 heavy (non-hydrogen) atoms. The second kappa shape index (κ2) is 21.2. The smallest absolute Gasteiger partial charge is 0.287 e. The minimum Gasteiger partial charge on any atom is -0.287 e. The molecule has 0 atom stereocenters. The molecule has 248 valence electrons. The highest BCUT2D eigenvalue weighted by Gasteiger charge is 2.44. The van der Waals surface area contributed by atoms with Gasteiger partial charge in [-0.3, -0.25) is 54.3 Å². The van der Waals surface area contributed by atoms with Gasteiger partial charge in [0.05, 0.1) is 84.7 Å². The van der Waals surface area contributed by atoms with E-state index in [0.717, 1.165) is 0 Å². The maximum absolute atomic E-state index is 13.2. The van der Waals surface area contributed by atoms with Crippen molar-refractivity contribution in [2.75, 3.05) is 79.3 Å². The van der Waals surface area contributed by atoms with Crippen LogP contribution in [0.15, 0.2) is 0 Å². The zero-order valence-corrected chi connectivity index (χ0v) is 28.9. The quantitative estimate of drug-likeness (QED) is 0.0790. The van der Waals surface area contributed by atoms with Crippen LogP contribution in [0.4, 0.5) is 0 Å². The largest absolute Gasteiger partial charge is 0.474 e. The van der Waals surface area contributed by atoms with E-state index >= 15 is 0 Å². The van der Waals surface area contributed by atoms with Gasteiger partial charge in [0, 0.05) is 0 Å². The fourth-order valence-corrected chi connectivity index (χ4v) is 7.98. The van der Waals surface area contributed by atoms with Crippen molar-refractivity contribution in [3.05, 3.63) is 0 Å². The van der Waals surface area contributed by atoms with Gasteiger partial charge < -0.3 is 0 Å². The summed E-state index contributed by atoms with van der Waals surface area (Å²) in [4.78, 5) is 0. The third kappa shape index (κ3) is 16.4. The molecule has 0 fully saturated rings. The van der Waals surface area contributed by atoms with Crippen molar-refractivity contribution in [2.45, 2.75) is 55.4 Å². The van der Waals surface area contributed by atoms with E-state index in [1.165, 1.54) is 0 Å². The van der Waals surface area contributed by atoms with Crippen LogP contribution in [-0.2, 0) is 72.5 Å². The second-order valence-corrected chi connectivity index (χ2v) is 14.4. The summed E-state index contributed by atoms with van der Waals surface area (Å²) < 4.78 is 117. The Bertz CT molecular complexity index is 706. The average molecular weight is 680 g/mol. The molecule has 0 aromatic rings. The van der Waals surface area contributed by atoms with Crippen molar-refractivity contribution in [3.63, 3.8) is 0 Å². The van der Waals surface area contributed by atoms with Crippen LogP contribution < -0.4 is 0 Å². The number of hydrogen-bond donors (Lipinski definition) is 0. The number of hydrogen-bond acceptors (Lipinski definition) is 16. The van der Waals surface area contributed by atoms with Crippen LogP contribution in [0.3, 0.4) is 0 Å². The standard InChI is InChI=1S/C21H48O16P4/c1-9-26-38(22,27-10-2)34-17-21(18-35-39(23,28-11-3)29-12-4,19-36-40(24,30-13-5)31-14-6)20-37-41(25,32-15-7)33-16-8/h9-20H2,1-8H3. The number of phosphoric acid groups is 4. The molecular formula is C21H48O16P4. The predicted octanol–water partition coefficient (Wildman–Crippen LogP) is 6.76. The van der Waals surface area contributed by atoms with Crippen LogP contribution in [0.5, 0.6) is 0 Å². The summed E-state index contributed by atoms with van der Waals surface area (Å²) in [6.45, 7) is 10.0. The zero-order valence-electron chi connectivity index (χ0n) is 25.3. The minimum atomic E-state index is -4.15. The minimum absolute atomic E-state index is 0.0224. The van der Waals surface area contributed by atoms with Crippen molar-refractivity contribution in [1.29, 1.82) is 0 Å². The third-order valence-electron chi connectivity index (χ3n) is 4.41. The molecule has 0 aliphatic heterocycles. The van der Waals surface area contributed by atoms with Crippen molar-refractivity contribution in [2.24, 2.45) is 5.41 Å². The molecule has 0 saturated carbocycles. The maximum Gasteiger partial charge on any atom is 0.474 e. The Morgan fingerprint density at radius 1 is 0.317 bits per heavy atom. The van der Waals surface area contributed by atoms with Crippen molar-refractivity contribution in [1.82, 2.24) is 0 Å². The molecule has 0 amide bonds. The first kappa shape index (κ1) is 41.4. The lowest BCUT2D eigenvalue weighted by molar-refractivity contribution is -0.0430. The Kier molecular flexibility index (Phi) is 21.5. The van der Waals surface area contributed by atoms with Gasteiger partial charge in [0.2, 0.25) is 0 Å². The molecule has 0 aliphatic rings. The van der Waals surface area contributed by atoms with E-state index in [1.807, 2.05) is 0 Å². The van der Waals surface area contributed by atoms with Crippen molar-refractivity contribution in [3.8, 4) is 0 Å². The van der Waals surface area contributed by atoms with E-state index in [1.54, 1.807) is 55.4 Å². The Morgan fingerprint density at radius 2 is 0.463 bits per heavy atom. The van der Waals surface area contributed by atoms with E-state index in [0.29, 0.717) is 0 Å². The van der Waals surface area contributed by atoms with E-state index in [4.69, 9.17) is 54.3 Å². The summed E-state index contributed by atoms with van der Waals surface area (Å²) in [5, 5.41) is 0. The number of rotatable bonds is 28. The molecule has 0 saturated heterocycles. The van der Waals surface area contributed by atoms with Crippen LogP contribution in [0.2, 0.25) is 0 Å². The molecule has 0 aromatic carbocycles. The molecular weight excluding hydrogens is 632 g/mol. The average Bonchev–Trinajstić information content (AvgIpc) is 2.89. The molecule has 0 unspecified atom stereocenters. The molecule has 0 aliphatic carbocycles. The zero-order chi connectivity index (χ0) is 31.5. The van der Waals surface area contributed by atoms with Crippen LogP contribution >= 0.6 is 31.3 Å². The van der Waals surface area contributed by atoms with Gasteiger partial charge in [-0.05, 0) is 55.4 Å². The highest BCUT2D eigenvalue weighted by Crippen LogP contribution is 2.56. The first-order chi connectivity index (χ1) is 19.3. The van der Waals surface area contributed by atoms with E-state index in [2.05, 4.69) is 0 Å². The highest BCUT2D eigenvalue weighted by atomic mass is 31.2. The monoisotopic (exact) mass is 680 g/mol. The topological polar surface area (TPSA) is 179 Å². The van der Waals surface area contributed by atoms with Crippen LogP contribution in [0, 0.1) is 5.41 Å². The fourth-order valence-electron chi connectivity index (χ4n) is 2.83. The Hall–Kier alpha value is 0.440. The fraction of sp³-hybridized carbons (Fsp3) is 1.00. The Labute approximate surface area is 244 Å². The van der Waals surface area contributed by atoms with Crippen LogP contribution in [0.1, 0.15) is 55.4 Å². The van der Waals surface area contributed by atoms with Gasteiger partial charge in [-0.15, -0.1) is 0 Å². The SMILES string of the molecule is CCOP(=O)(OCC)OCC(COP(=O)(OCC)OCC)(COP(=O)(OCC)OCC)COP(=O)(OCC)OCC. The third-order valence-corrected chi connectivity index (χ3v) is 10.8. The Morgan fingerprint density at radius 3 is 0.585 bits per heavy atom. The normalized spacial score (nSPS) is 13.7. The molecule has 0 heterocycles. The van der Waals surface area contributed by atoms with Gasteiger partial charge >= 0.3 is 31.3 Å². The van der Waals surface area contributed by atoms with Crippen LogP contribution in [0.25, 0.3) is 0 Å². The number of phosphoric ester groups is 4. The summed E-state index contributed by atoms with van der Waals surface area (Å²) in [6, 6.07) is 0. The molecule has 0 bridgehead atoms. The van der Waals surface area contributed by atoms with Gasteiger partial charge in [0.25, 0.3) is 0 Å². The maximum atomic E-state index is 13.2. The molecule has 16 nitrogen and oxygen atoms in total. The first-order valence-corrected chi connectivity index (χ1v) is 19.3. The molecule has 0 rings (SSSR count). The summed E-state index contributed by atoms with van der Waals surface area (Å²) in [5.74, 6) is 0. The lowest BCUT2D eigenvalue weighted by atomic mass is 9.93. The van der Waals surface area contributed by atoms with Crippen molar-refractivity contribution < 1.29 is 72.5 Å². The molecule has 0 aromatic heterocycles. The summed E-state index contributed by atoms with van der Waals surface area (Å²) in [5.41, 5.74) is -1.71. The molecule has 0 N–H and O–H groups in total. The summed E-state index contributed by atoms with van der Waals surface area (Å²) in [7, 11) is -16.6. The lowest BCUT2D eigenvalue weighted by Crippen LogP contribution is -2.41. The summed E-state index contributed by atoms with van der Waals surface area (Å²) in [6.07, 6.45) is 0. The molecule has 0 radical (unpaired) electrons. The lowest BCUT2D eigenvalue weighted by Gasteiger charge is -2.35. The van der Waals surface area contributed by atoms with E-state index < -0.39 is 63.1 Å². The first-order valence-electron chi connectivity index (χ1n) is 13.5. The van der Waals surface area contributed by atoms with E-state index in [9.17, 15) is 18.3 Å². The second-order valence-electron chi connectivity index (χ2n) is 7.72. The molecule has 20 heteroatoms. The van der Waals surface area contributed by atoms with Crippen LogP contribution in [-0.4, -0.2) is 79.3 Å². The molecule has 0 spiro atoms. The Balaban J connectivity index is 6.68. The van der Waals surface area contributed by atoms with E-state index in [-0.39, 0.29) is 52.9 Å². The van der Waals surface area contributed by atoms with Crippen molar-refractivity contribution >= 4 is 31.3 Å². The predicted molar refractivity (Wildman–Crippen MR) is 150 cm³/mol. The van der Waals surface area contributed by atoms with Gasteiger partial charge in [0.1, 0.15) is 0 Å². The van der Waals surface area contributed by atoms with Gasteiger partial charge in [0.15, 0.2) is 0 Å². The van der Waals surface area contributed by atoms with Gasteiger partial charge in [-0.25, -0.2) is 18.3 Å².